The molecule has 0 aliphatic carbocycles. The summed E-state index contributed by atoms with van der Waals surface area (Å²) in [7, 11) is 4.49. The summed E-state index contributed by atoms with van der Waals surface area (Å²) in [5.74, 6) is 0.366. The lowest BCUT2D eigenvalue weighted by atomic mass is 10.1. The number of carboxylic acid groups (broad SMARTS) is 1. The summed E-state index contributed by atoms with van der Waals surface area (Å²) < 4.78 is 15.5. The maximum Gasteiger partial charge on any atom is 0.328 e. The molecule has 18 heavy (non-hydrogen) atoms. The van der Waals surface area contributed by atoms with E-state index in [2.05, 4.69) is 0 Å². The molecule has 0 aromatic heterocycles. The largest absolute Gasteiger partial charge is 0.493 e. The summed E-state index contributed by atoms with van der Waals surface area (Å²) in [6.45, 7) is 0. The summed E-state index contributed by atoms with van der Waals surface area (Å²) in [6.07, 6.45) is 2.47. The van der Waals surface area contributed by atoms with Crippen LogP contribution >= 0.6 is 12.4 Å². The number of aliphatic carboxylic acids is 1. The molecule has 0 aliphatic rings. The molecule has 5 nitrogen and oxygen atoms in total. The predicted molar refractivity (Wildman–Crippen MR) is 70.0 cm³/mol. The minimum atomic E-state index is -1.03. The molecule has 0 aliphatic heterocycles. The standard InChI is InChI=1S/C12H14O5.ClH/c1-15-9-6-4-8(5-7-10(13)14)11(16-2)12(9)17-3;/h4-7H,1-3H3,(H,13,14);1H. The van der Waals surface area contributed by atoms with Crippen molar-refractivity contribution < 1.29 is 24.1 Å². The Balaban J connectivity index is 0.00000289. The molecule has 0 saturated carbocycles. The van der Waals surface area contributed by atoms with Crippen LogP contribution in [-0.2, 0) is 4.79 Å². The highest BCUT2D eigenvalue weighted by Crippen LogP contribution is 2.40. The van der Waals surface area contributed by atoms with Crippen LogP contribution in [0.1, 0.15) is 5.56 Å². The van der Waals surface area contributed by atoms with Crippen molar-refractivity contribution in [1.29, 1.82) is 0 Å². The molecule has 0 bridgehead atoms. The first kappa shape index (κ1) is 16.1. The second-order valence-corrected chi connectivity index (χ2v) is 3.10. The fraction of sp³-hybridized carbons (Fsp3) is 0.250. The van der Waals surface area contributed by atoms with E-state index in [1.807, 2.05) is 0 Å². The van der Waals surface area contributed by atoms with E-state index < -0.39 is 5.97 Å². The van der Waals surface area contributed by atoms with Gasteiger partial charge < -0.3 is 19.3 Å². The van der Waals surface area contributed by atoms with Crippen LogP contribution in [0.5, 0.6) is 17.2 Å². The van der Waals surface area contributed by atoms with Gasteiger partial charge >= 0.3 is 5.97 Å². The Labute approximate surface area is 111 Å². The van der Waals surface area contributed by atoms with Crippen LogP contribution in [0.4, 0.5) is 0 Å². The molecule has 1 rings (SSSR count). The lowest BCUT2D eigenvalue weighted by Gasteiger charge is -2.13. The average Bonchev–Trinajstić information content (AvgIpc) is 2.34. The van der Waals surface area contributed by atoms with Gasteiger partial charge in [0.2, 0.25) is 5.75 Å². The molecular formula is C12H15ClO5. The molecule has 1 aromatic rings. The van der Waals surface area contributed by atoms with Crippen LogP contribution in [0, 0.1) is 0 Å². The molecule has 100 valence electrons. The number of halogens is 1. The van der Waals surface area contributed by atoms with Crippen LogP contribution in [0.2, 0.25) is 0 Å². The van der Waals surface area contributed by atoms with E-state index in [-0.39, 0.29) is 12.4 Å². The normalized spacial score (nSPS) is 9.72. The topological polar surface area (TPSA) is 65.0 Å². The van der Waals surface area contributed by atoms with E-state index >= 15 is 0 Å². The summed E-state index contributed by atoms with van der Waals surface area (Å²) in [6, 6.07) is 3.38. The van der Waals surface area contributed by atoms with Crippen LogP contribution in [0.15, 0.2) is 18.2 Å². The maximum absolute atomic E-state index is 10.5. The molecule has 1 aromatic carbocycles. The van der Waals surface area contributed by atoms with Gasteiger partial charge in [-0.05, 0) is 18.2 Å². The average molecular weight is 275 g/mol. The summed E-state index contributed by atoms with van der Waals surface area (Å²) in [5.41, 5.74) is 0.604. The SMILES string of the molecule is COc1ccc(C=CC(=O)O)c(OC)c1OC.Cl. The van der Waals surface area contributed by atoms with E-state index in [9.17, 15) is 4.79 Å². The van der Waals surface area contributed by atoms with Crippen LogP contribution in [0.25, 0.3) is 6.08 Å². The number of hydrogen-bond donors (Lipinski definition) is 1. The van der Waals surface area contributed by atoms with Crippen LogP contribution in [0.3, 0.4) is 0 Å². The van der Waals surface area contributed by atoms with Gasteiger partial charge in [-0.15, -0.1) is 12.4 Å². The van der Waals surface area contributed by atoms with E-state index in [1.165, 1.54) is 27.4 Å². The summed E-state index contributed by atoms with van der Waals surface area (Å²) >= 11 is 0. The highest BCUT2D eigenvalue weighted by atomic mass is 35.5. The highest BCUT2D eigenvalue weighted by Gasteiger charge is 2.14. The monoisotopic (exact) mass is 274 g/mol. The summed E-state index contributed by atoms with van der Waals surface area (Å²) in [5, 5.41) is 8.58. The Hall–Kier alpha value is -1.88. The Kier molecular flexibility index (Phi) is 6.67. The molecule has 6 heteroatoms. The van der Waals surface area contributed by atoms with Crippen LogP contribution < -0.4 is 14.2 Å². The fourth-order valence-electron chi connectivity index (χ4n) is 1.42. The Morgan fingerprint density at radius 3 is 2.17 bits per heavy atom. The molecular weight excluding hydrogens is 260 g/mol. The van der Waals surface area contributed by atoms with Crippen molar-refractivity contribution in [3.8, 4) is 17.2 Å². The Bertz CT molecular complexity index is 442. The molecule has 0 fully saturated rings. The smallest absolute Gasteiger partial charge is 0.328 e. The van der Waals surface area contributed by atoms with Gasteiger partial charge in [0.15, 0.2) is 11.5 Å². The molecule has 0 heterocycles. The number of carboxylic acids is 1. The van der Waals surface area contributed by atoms with E-state index in [0.717, 1.165) is 6.08 Å². The van der Waals surface area contributed by atoms with Crippen LogP contribution in [-0.4, -0.2) is 32.4 Å². The van der Waals surface area contributed by atoms with Gasteiger partial charge in [-0.25, -0.2) is 4.79 Å². The van der Waals surface area contributed by atoms with E-state index in [1.54, 1.807) is 12.1 Å². The lowest BCUT2D eigenvalue weighted by molar-refractivity contribution is -0.131. The third-order valence-corrected chi connectivity index (χ3v) is 2.14. The number of carbonyl (C=O) groups is 1. The van der Waals surface area contributed by atoms with Gasteiger partial charge in [-0.1, -0.05) is 0 Å². The second-order valence-electron chi connectivity index (χ2n) is 3.10. The van der Waals surface area contributed by atoms with Gasteiger partial charge in [0.05, 0.1) is 21.3 Å². The van der Waals surface area contributed by atoms with Crippen molar-refractivity contribution in [3.05, 3.63) is 23.8 Å². The Morgan fingerprint density at radius 1 is 1.11 bits per heavy atom. The highest BCUT2D eigenvalue weighted by molar-refractivity contribution is 5.86. The number of ether oxygens (including phenoxy) is 3. The maximum atomic E-state index is 10.5. The van der Waals surface area contributed by atoms with E-state index in [0.29, 0.717) is 22.8 Å². The zero-order valence-corrected chi connectivity index (χ0v) is 11.1. The first-order chi connectivity index (χ1) is 8.13. The third kappa shape index (κ3) is 3.56. The quantitative estimate of drug-likeness (QED) is 0.834. The van der Waals surface area contributed by atoms with Crippen molar-refractivity contribution in [2.75, 3.05) is 21.3 Å². The zero-order chi connectivity index (χ0) is 12.8. The minimum absolute atomic E-state index is 0. The third-order valence-electron chi connectivity index (χ3n) is 2.14. The van der Waals surface area contributed by atoms with Gasteiger partial charge in [-0.3, -0.25) is 0 Å². The number of methoxy groups -OCH3 is 3. The molecule has 0 unspecified atom stereocenters. The molecule has 1 N–H and O–H groups in total. The fourth-order valence-corrected chi connectivity index (χ4v) is 1.42. The predicted octanol–water partition coefficient (Wildman–Crippen LogP) is 2.23. The lowest BCUT2D eigenvalue weighted by Crippen LogP contribution is -1.97. The van der Waals surface area contributed by atoms with Gasteiger partial charge in [0, 0.05) is 11.6 Å². The summed E-state index contributed by atoms with van der Waals surface area (Å²) in [4.78, 5) is 10.5. The van der Waals surface area contributed by atoms with Crippen molar-refractivity contribution in [3.63, 3.8) is 0 Å². The molecule has 0 atom stereocenters. The first-order valence-electron chi connectivity index (χ1n) is 4.84. The van der Waals surface area contributed by atoms with Gasteiger partial charge in [-0.2, -0.15) is 0 Å². The van der Waals surface area contributed by atoms with E-state index in [4.69, 9.17) is 19.3 Å². The number of hydrogen-bond acceptors (Lipinski definition) is 4. The van der Waals surface area contributed by atoms with Crippen molar-refractivity contribution in [2.24, 2.45) is 0 Å². The zero-order valence-electron chi connectivity index (χ0n) is 10.3. The molecule has 0 saturated heterocycles. The van der Waals surface area contributed by atoms with Crippen molar-refractivity contribution in [1.82, 2.24) is 0 Å². The molecule has 0 radical (unpaired) electrons. The van der Waals surface area contributed by atoms with Gasteiger partial charge in [0.25, 0.3) is 0 Å². The first-order valence-corrected chi connectivity index (χ1v) is 4.84. The second kappa shape index (κ2) is 7.45. The molecule has 0 spiro atoms. The van der Waals surface area contributed by atoms with Crippen molar-refractivity contribution in [2.45, 2.75) is 0 Å². The minimum Gasteiger partial charge on any atom is -0.493 e. The van der Waals surface area contributed by atoms with Crippen molar-refractivity contribution >= 4 is 24.5 Å². The number of rotatable bonds is 5. The molecule has 0 amide bonds. The number of benzene rings is 1. The van der Waals surface area contributed by atoms with Gasteiger partial charge in [0.1, 0.15) is 0 Å². The Morgan fingerprint density at radius 2 is 1.72 bits per heavy atom.